The van der Waals surface area contributed by atoms with Gasteiger partial charge in [0.25, 0.3) is 0 Å². The highest BCUT2D eigenvalue weighted by Crippen LogP contribution is 2.17. The van der Waals surface area contributed by atoms with Crippen molar-refractivity contribution < 1.29 is 57.2 Å². The molecule has 0 fully saturated rings. The van der Waals surface area contributed by atoms with E-state index in [0.29, 0.717) is 45.8 Å². The molecule has 1 aromatic rings. The summed E-state index contributed by atoms with van der Waals surface area (Å²) in [5.41, 5.74) is 2.42. The fourth-order valence-electron chi connectivity index (χ4n) is 7.65. The van der Waals surface area contributed by atoms with Crippen molar-refractivity contribution in [2.75, 3.05) is 40.5 Å². The maximum atomic E-state index is 12.5. The van der Waals surface area contributed by atoms with Crippen LogP contribution in [0.2, 0.25) is 0 Å². The van der Waals surface area contributed by atoms with Gasteiger partial charge >= 0.3 is 35.8 Å². The molecule has 0 atom stereocenters. The van der Waals surface area contributed by atoms with Gasteiger partial charge in [-0.2, -0.15) is 0 Å². The third kappa shape index (κ3) is 39.9. The minimum absolute atomic E-state index is 0.00791. The van der Waals surface area contributed by atoms with E-state index in [4.69, 9.17) is 28.4 Å². The molecule has 0 saturated carbocycles. The Labute approximate surface area is 411 Å². The largest absolute Gasteiger partial charge is 0.466 e. The van der Waals surface area contributed by atoms with Crippen LogP contribution in [0.1, 0.15) is 236 Å². The fourth-order valence-corrected chi connectivity index (χ4v) is 7.65. The Morgan fingerprint density at radius 1 is 0.324 bits per heavy atom. The standard InChI is InChI=1S/C55H93NO12/c1-5-7-9-19-25-31-50(57)63-37-27-21-15-11-13-17-23-29-39-65-52(59)33-35-54(61)67-45-48-41-47(44-56(3)4)42-49(43-48)46-68-55(62)36-34-53(60)66-40-30-24-18-14-12-16-22-28-38-64-51(58)32-26-20-10-8-6-2/h41-43H,5-40,44-46H2,1-4H3. The van der Waals surface area contributed by atoms with Gasteiger partial charge in [0.2, 0.25) is 0 Å². The van der Waals surface area contributed by atoms with Crippen LogP contribution >= 0.6 is 0 Å². The maximum Gasteiger partial charge on any atom is 0.306 e. The lowest BCUT2D eigenvalue weighted by atomic mass is 10.1. The molecule has 0 radical (unpaired) electrons. The summed E-state index contributed by atoms with van der Waals surface area (Å²) < 4.78 is 32.3. The van der Waals surface area contributed by atoms with Crippen LogP contribution in [0.4, 0.5) is 0 Å². The molecular formula is C55H93NO12. The number of benzene rings is 1. The van der Waals surface area contributed by atoms with Gasteiger partial charge in [0.15, 0.2) is 0 Å². The average Bonchev–Trinajstić information content (AvgIpc) is 3.31. The van der Waals surface area contributed by atoms with E-state index in [-0.39, 0.29) is 50.8 Å². The Hall–Kier alpha value is -4.00. The van der Waals surface area contributed by atoms with E-state index >= 15 is 0 Å². The molecule has 1 aromatic carbocycles. The van der Waals surface area contributed by atoms with Crippen molar-refractivity contribution in [1.82, 2.24) is 4.90 Å². The summed E-state index contributed by atoms with van der Waals surface area (Å²) in [6.07, 6.45) is 28.4. The summed E-state index contributed by atoms with van der Waals surface area (Å²) in [6, 6.07) is 5.68. The average molecular weight is 960 g/mol. The van der Waals surface area contributed by atoms with Gasteiger partial charge in [0.05, 0.1) is 52.1 Å². The predicted octanol–water partition coefficient (Wildman–Crippen LogP) is 12.5. The van der Waals surface area contributed by atoms with Gasteiger partial charge < -0.3 is 33.3 Å². The molecule has 0 unspecified atom stereocenters. The van der Waals surface area contributed by atoms with E-state index in [1.165, 1.54) is 38.5 Å². The molecule has 390 valence electrons. The molecule has 0 heterocycles. The summed E-state index contributed by atoms with van der Waals surface area (Å²) >= 11 is 0. The Morgan fingerprint density at radius 3 is 0.882 bits per heavy atom. The first-order valence-electron chi connectivity index (χ1n) is 26.7. The van der Waals surface area contributed by atoms with Crippen molar-refractivity contribution >= 4 is 35.8 Å². The number of hydrogen-bond acceptors (Lipinski definition) is 13. The lowest BCUT2D eigenvalue weighted by Crippen LogP contribution is -2.13. The van der Waals surface area contributed by atoms with E-state index in [9.17, 15) is 28.8 Å². The molecule has 0 spiro atoms. The van der Waals surface area contributed by atoms with Crippen molar-refractivity contribution in [3.63, 3.8) is 0 Å². The lowest BCUT2D eigenvalue weighted by molar-refractivity contribution is -0.151. The van der Waals surface area contributed by atoms with Crippen molar-refractivity contribution in [2.24, 2.45) is 0 Å². The second-order valence-electron chi connectivity index (χ2n) is 18.6. The molecule has 0 saturated heterocycles. The van der Waals surface area contributed by atoms with E-state index in [1.54, 1.807) is 0 Å². The van der Waals surface area contributed by atoms with Gasteiger partial charge in [-0.05, 0) is 75.4 Å². The Bertz CT molecular complexity index is 1380. The second-order valence-corrected chi connectivity index (χ2v) is 18.6. The monoisotopic (exact) mass is 960 g/mol. The van der Waals surface area contributed by atoms with Crippen LogP contribution in [0, 0.1) is 0 Å². The molecule has 13 heteroatoms. The van der Waals surface area contributed by atoms with Gasteiger partial charge in [-0.25, -0.2) is 0 Å². The highest BCUT2D eigenvalue weighted by molar-refractivity contribution is 5.78. The summed E-state index contributed by atoms with van der Waals surface area (Å²) in [5, 5.41) is 0. The first kappa shape index (κ1) is 62.0. The maximum absolute atomic E-state index is 12.5. The summed E-state index contributed by atoms with van der Waals surface area (Å²) in [5.74, 6) is -1.99. The van der Waals surface area contributed by atoms with E-state index in [2.05, 4.69) is 13.8 Å². The van der Waals surface area contributed by atoms with Gasteiger partial charge in [0, 0.05) is 19.4 Å². The van der Waals surface area contributed by atoms with Crippen molar-refractivity contribution in [1.29, 1.82) is 0 Å². The van der Waals surface area contributed by atoms with Gasteiger partial charge in [-0.3, -0.25) is 28.8 Å². The smallest absolute Gasteiger partial charge is 0.306 e. The van der Waals surface area contributed by atoms with Crippen LogP contribution in [-0.4, -0.2) is 81.2 Å². The quantitative estimate of drug-likeness (QED) is 0.0345. The highest BCUT2D eigenvalue weighted by atomic mass is 16.6. The van der Waals surface area contributed by atoms with E-state index in [1.807, 2.05) is 37.2 Å². The third-order valence-corrected chi connectivity index (χ3v) is 11.6. The number of carbonyl (C=O) groups excluding carboxylic acids is 6. The Kier molecular flexibility index (Phi) is 40.3. The zero-order chi connectivity index (χ0) is 49.7. The molecule has 0 N–H and O–H groups in total. The minimum Gasteiger partial charge on any atom is -0.466 e. The van der Waals surface area contributed by atoms with Crippen molar-refractivity contribution in [3.05, 3.63) is 34.9 Å². The number of ether oxygens (including phenoxy) is 6. The van der Waals surface area contributed by atoms with Crippen LogP contribution in [0.3, 0.4) is 0 Å². The molecule has 0 aliphatic heterocycles. The topological polar surface area (TPSA) is 161 Å². The van der Waals surface area contributed by atoms with E-state index in [0.717, 1.165) is 145 Å². The SMILES string of the molecule is CCCCCCCC(=O)OCCCCCCCCCCOC(=O)CCC(=O)OCc1cc(COC(=O)CCC(=O)OCCCCCCCCCCOC(=O)CCCCCCC)cc(CN(C)C)c1. The molecule has 0 bridgehead atoms. The first-order valence-corrected chi connectivity index (χ1v) is 26.7. The minimum atomic E-state index is -0.502. The number of carbonyl (C=O) groups is 6. The Morgan fingerprint density at radius 2 is 0.574 bits per heavy atom. The number of esters is 6. The zero-order valence-electron chi connectivity index (χ0n) is 43.2. The summed E-state index contributed by atoms with van der Waals surface area (Å²) in [6.45, 7) is 6.70. The predicted molar refractivity (Wildman–Crippen MR) is 266 cm³/mol. The fraction of sp³-hybridized carbons (Fsp3) is 0.782. The molecule has 1 rings (SSSR count). The summed E-state index contributed by atoms with van der Waals surface area (Å²) in [7, 11) is 3.89. The highest BCUT2D eigenvalue weighted by Gasteiger charge is 2.13. The molecule has 0 aliphatic carbocycles. The number of rotatable bonds is 46. The molecule has 0 amide bonds. The second kappa shape index (κ2) is 44.2. The molecule has 0 aromatic heterocycles. The van der Waals surface area contributed by atoms with Crippen LogP contribution in [-0.2, 0) is 76.9 Å². The van der Waals surface area contributed by atoms with Crippen LogP contribution in [0.25, 0.3) is 0 Å². The number of nitrogens with zero attached hydrogens (tertiary/aromatic N) is 1. The Balaban J connectivity index is 2.15. The van der Waals surface area contributed by atoms with Crippen LogP contribution in [0.15, 0.2) is 18.2 Å². The van der Waals surface area contributed by atoms with Crippen LogP contribution in [0.5, 0.6) is 0 Å². The number of hydrogen-bond donors (Lipinski definition) is 0. The zero-order valence-corrected chi connectivity index (χ0v) is 43.2. The summed E-state index contributed by atoms with van der Waals surface area (Å²) in [4.78, 5) is 75.1. The molecule has 0 aliphatic rings. The third-order valence-electron chi connectivity index (χ3n) is 11.6. The van der Waals surface area contributed by atoms with Crippen LogP contribution < -0.4 is 0 Å². The van der Waals surface area contributed by atoms with Gasteiger partial charge in [-0.15, -0.1) is 0 Å². The first-order chi connectivity index (χ1) is 33.0. The van der Waals surface area contributed by atoms with Crippen molar-refractivity contribution in [2.45, 2.75) is 239 Å². The normalized spacial score (nSPS) is 11.1. The molecular weight excluding hydrogens is 867 g/mol. The van der Waals surface area contributed by atoms with E-state index < -0.39 is 23.9 Å². The van der Waals surface area contributed by atoms with Gasteiger partial charge in [-0.1, -0.05) is 154 Å². The number of unbranched alkanes of at least 4 members (excludes halogenated alkanes) is 22. The van der Waals surface area contributed by atoms with Crippen molar-refractivity contribution in [3.8, 4) is 0 Å². The molecule has 13 nitrogen and oxygen atoms in total. The molecule has 68 heavy (non-hydrogen) atoms. The van der Waals surface area contributed by atoms with Gasteiger partial charge in [0.1, 0.15) is 13.2 Å². The lowest BCUT2D eigenvalue weighted by Gasteiger charge is -2.14.